The van der Waals surface area contributed by atoms with E-state index in [9.17, 15) is 0 Å². The molecule has 0 fully saturated rings. The average Bonchev–Trinajstić information content (AvgIpc) is 2.73. The maximum absolute atomic E-state index is 5.89. The molecular formula is C12H12ClNS2. The van der Waals surface area contributed by atoms with Crippen LogP contribution >= 0.6 is 34.7 Å². The predicted octanol–water partition coefficient (Wildman–Crippen LogP) is 4.74. The van der Waals surface area contributed by atoms with Crippen LogP contribution in [0.15, 0.2) is 41.3 Å². The molecule has 1 heterocycles. The summed E-state index contributed by atoms with van der Waals surface area (Å²) in [6, 6.07) is 12.3. The fraction of sp³-hybridized carbons (Fsp3) is 0.167. The topological polar surface area (TPSA) is 12.0 Å². The zero-order chi connectivity index (χ0) is 11.4. The van der Waals surface area contributed by atoms with E-state index >= 15 is 0 Å². The van der Waals surface area contributed by atoms with Crippen molar-refractivity contribution < 1.29 is 0 Å². The number of hydrogen-bond acceptors (Lipinski definition) is 3. The highest BCUT2D eigenvalue weighted by Gasteiger charge is 2.01. The lowest BCUT2D eigenvalue weighted by atomic mass is 10.3. The van der Waals surface area contributed by atoms with Crippen molar-refractivity contribution in [2.75, 3.05) is 11.6 Å². The molecule has 0 saturated heterocycles. The third-order valence-corrected chi connectivity index (χ3v) is 4.22. The van der Waals surface area contributed by atoms with Crippen LogP contribution in [0.3, 0.4) is 0 Å². The first-order valence-corrected chi connectivity index (χ1v) is 7.32. The highest BCUT2D eigenvalue weighted by atomic mass is 35.5. The van der Waals surface area contributed by atoms with Crippen LogP contribution in [-0.2, 0) is 6.54 Å². The Balaban J connectivity index is 2.04. The quantitative estimate of drug-likeness (QED) is 0.805. The Labute approximate surface area is 109 Å². The number of para-hydroxylation sites is 1. The van der Waals surface area contributed by atoms with Crippen LogP contribution in [0, 0.1) is 0 Å². The number of anilines is 1. The van der Waals surface area contributed by atoms with Gasteiger partial charge in [0.25, 0.3) is 0 Å². The third-order valence-electron chi connectivity index (χ3n) is 2.19. The summed E-state index contributed by atoms with van der Waals surface area (Å²) >= 11 is 9.25. The number of hydrogen-bond donors (Lipinski definition) is 1. The third kappa shape index (κ3) is 2.94. The smallest absolute Gasteiger partial charge is 0.0931 e. The monoisotopic (exact) mass is 269 g/mol. The Morgan fingerprint density at radius 3 is 2.75 bits per heavy atom. The van der Waals surface area contributed by atoms with Crippen molar-refractivity contribution in [2.45, 2.75) is 11.4 Å². The van der Waals surface area contributed by atoms with Crippen LogP contribution in [0.4, 0.5) is 5.69 Å². The van der Waals surface area contributed by atoms with Gasteiger partial charge >= 0.3 is 0 Å². The Bertz CT molecular complexity index is 468. The fourth-order valence-corrected chi connectivity index (χ4v) is 3.02. The lowest BCUT2D eigenvalue weighted by Gasteiger charge is -2.08. The molecule has 0 bridgehead atoms. The maximum atomic E-state index is 5.89. The second-order valence-corrected chi connectivity index (χ2v) is 5.91. The van der Waals surface area contributed by atoms with Crippen LogP contribution in [-0.4, -0.2) is 6.26 Å². The number of thiophene rings is 1. The van der Waals surface area contributed by atoms with Crippen molar-refractivity contribution in [2.24, 2.45) is 0 Å². The van der Waals surface area contributed by atoms with Crippen molar-refractivity contribution in [1.82, 2.24) is 0 Å². The molecule has 0 amide bonds. The second kappa shape index (κ2) is 5.62. The molecule has 0 atom stereocenters. The van der Waals surface area contributed by atoms with E-state index in [0.717, 1.165) is 10.9 Å². The van der Waals surface area contributed by atoms with E-state index < -0.39 is 0 Å². The highest BCUT2D eigenvalue weighted by Crippen LogP contribution is 2.27. The highest BCUT2D eigenvalue weighted by molar-refractivity contribution is 7.98. The van der Waals surface area contributed by atoms with Gasteiger partial charge in [-0.25, -0.2) is 0 Å². The summed E-state index contributed by atoms with van der Waals surface area (Å²) in [6.45, 7) is 0.828. The van der Waals surface area contributed by atoms with Crippen molar-refractivity contribution in [3.05, 3.63) is 45.6 Å². The van der Waals surface area contributed by atoms with E-state index in [1.807, 2.05) is 12.1 Å². The molecule has 0 aliphatic carbocycles. The van der Waals surface area contributed by atoms with Gasteiger partial charge in [0, 0.05) is 22.0 Å². The summed E-state index contributed by atoms with van der Waals surface area (Å²) in [6.07, 6.45) is 2.09. The molecule has 16 heavy (non-hydrogen) atoms. The van der Waals surface area contributed by atoms with Gasteiger partial charge in [-0.1, -0.05) is 23.7 Å². The average molecular weight is 270 g/mol. The van der Waals surface area contributed by atoms with Gasteiger partial charge in [0.05, 0.1) is 4.34 Å². The summed E-state index contributed by atoms with van der Waals surface area (Å²) in [5.41, 5.74) is 1.18. The van der Waals surface area contributed by atoms with E-state index in [0.29, 0.717) is 0 Å². The van der Waals surface area contributed by atoms with E-state index in [4.69, 9.17) is 11.6 Å². The van der Waals surface area contributed by atoms with Crippen molar-refractivity contribution >= 4 is 40.4 Å². The van der Waals surface area contributed by atoms with Gasteiger partial charge in [-0.05, 0) is 30.5 Å². The molecule has 0 unspecified atom stereocenters. The van der Waals surface area contributed by atoms with E-state index in [1.165, 1.54) is 15.5 Å². The Morgan fingerprint density at radius 2 is 2.06 bits per heavy atom. The summed E-state index contributed by atoms with van der Waals surface area (Å²) in [5, 5.41) is 3.42. The molecule has 1 aromatic heterocycles. The van der Waals surface area contributed by atoms with Gasteiger partial charge in [-0.3, -0.25) is 0 Å². The first-order chi connectivity index (χ1) is 7.79. The van der Waals surface area contributed by atoms with Gasteiger partial charge in [0.15, 0.2) is 0 Å². The van der Waals surface area contributed by atoms with E-state index in [1.54, 1.807) is 23.1 Å². The van der Waals surface area contributed by atoms with Gasteiger partial charge in [0.1, 0.15) is 0 Å². The van der Waals surface area contributed by atoms with Crippen LogP contribution in [0.5, 0.6) is 0 Å². The molecule has 2 aromatic rings. The number of benzene rings is 1. The number of thioether (sulfide) groups is 1. The van der Waals surface area contributed by atoms with Crippen molar-refractivity contribution in [3.8, 4) is 0 Å². The first kappa shape index (κ1) is 11.8. The Hall–Kier alpha value is -0.640. The van der Waals surface area contributed by atoms with Gasteiger partial charge in [0.2, 0.25) is 0 Å². The minimum Gasteiger partial charge on any atom is -0.379 e. The maximum Gasteiger partial charge on any atom is 0.0931 e. The van der Waals surface area contributed by atoms with E-state index in [2.05, 4.69) is 35.8 Å². The number of halogens is 1. The molecule has 4 heteroatoms. The second-order valence-electron chi connectivity index (χ2n) is 3.26. The Morgan fingerprint density at radius 1 is 1.25 bits per heavy atom. The van der Waals surface area contributed by atoms with Crippen molar-refractivity contribution in [1.29, 1.82) is 0 Å². The number of rotatable bonds is 4. The molecule has 0 aliphatic heterocycles. The lowest BCUT2D eigenvalue weighted by molar-refractivity contribution is 1.17. The molecule has 0 radical (unpaired) electrons. The van der Waals surface area contributed by atoms with Gasteiger partial charge < -0.3 is 5.32 Å². The standard InChI is InChI=1S/C12H12ClNS2/c1-15-11-5-3-2-4-10(11)14-8-9-6-7-12(13)16-9/h2-7,14H,8H2,1H3. The largest absolute Gasteiger partial charge is 0.379 e. The van der Waals surface area contributed by atoms with Gasteiger partial charge in [-0.2, -0.15) is 0 Å². The molecule has 1 aromatic carbocycles. The molecule has 0 spiro atoms. The number of nitrogens with one attached hydrogen (secondary N) is 1. The van der Waals surface area contributed by atoms with Crippen LogP contribution in [0.25, 0.3) is 0 Å². The van der Waals surface area contributed by atoms with Crippen molar-refractivity contribution in [3.63, 3.8) is 0 Å². The zero-order valence-electron chi connectivity index (χ0n) is 8.87. The Kier molecular flexibility index (Phi) is 4.16. The molecule has 2 rings (SSSR count). The van der Waals surface area contributed by atoms with Crippen LogP contribution in [0.2, 0.25) is 4.34 Å². The fourth-order valence-electron chi connectivity index (χ4n) is 1.42. The lowest BCUT2D eigenvalue weighted by Crippen LogP contribution is -1.98. The minimum atomic E-state index is 0.828. The summed E-state index contributed by atoms with van der Waals surface area (Å²) < 4.78 is 0.843. The SMILES string of the molecule is CSc1ccccc1NCc1ccc(Cl)s1. The first-order valence-electron chi connectivity index (χ1n) is 4.90. The predicted molar refractivity (Wildman–Crippen MR) is 74.9 cm³/mol. The van der Waals surface area contributed by atoms with E-state index in [-0.39, 0.29) is 0 Å². The molecule has 84 valence electrons. The van der Waals surface area contributed by atoms with Crippen LogP contribution < -0.4 is 5.32 Å². The zero-order valence-corrected chi connectivity index (χ0v) is 11.3. The summed E-state index contributed by atoms with van der Waals surface area (Å²) in [4.78, 5) is 2.52. The summed E-state index contributed by atoms with van der Waals surface area (Å²) in [5.74, 6) is 0. The summed E-state index contributed by atoms with van der Waals surface area (Å²) in [7, 11) is 0. The molecule has 1 nitrogen and oxygen atoms in total. The molecular weight excluding hydrogens is 258 g/mol. The molecule has 0 saturated carbocycles. The molecule has 1 N–H and O–H groups in total. The normalized spacial score (nSPS) is 10.4. The van der Waals surface area contributed by atoms with Gasteiger partial charge in [-0.15, -0.1) is 23.1 Å². The van der Waals surface area contributed by atoms with Crippen LogP contribution in [0.1, 0.15) is 4.88 Å². The minimum absolute atomic E-state index is 0.828. The molecule has 0 aliphatic rings.